The van der Waals surface area contributed by atoms with Gasteiger partial charge in [-0.15, -0.1) is 0 Å². The maximum atomic E-state index is 5.53. The van der Waals surface area contributed by atoms with Gasteiger partial charge < -0.3 is 4.74 Å². The predicted molar refractivity (Wildman–Crippen MR) is 49.2 cm³/mol. The van der Waals surface area contributed by atoms with E-state index in [1.807, 2.05) is 0 Å². The molecule has 1 saturated carbocycles. The van der Waals surface area contributed by atoms with Crippen molar-refractivity contribution in [1.82, 2.24) is 4.90 Å². The van der Waals surface area contributed by atoms with Crippen molar-refractivity contribution in [2.24, 2.45) is 0 Å². The summed E-state index contributed by atoms with van der Waals surface area (Å²) in [5, 5.41) is 0. The van der Waals surface area contributed by atoms with E-state index >= 15 is 0 Å². The molecule has 2 nitrogen and oxygen atoms in total. The molecular weight excluding hydrogens is 150 g/mol. The molecule has 2 aliphatic rings. The highest BCUT2D eigenvalue weighted by Gasteiger charge is 2.52. The van der Waals surface area contributed by atoms with Gasteiger partial charge in [0.1, 0.15) is 0 Å². The largest absolute Gasteiger partial charge is 0.378 e. The summed E-state index contributed by atoms with van der Waals surface area (Å²) in [6, 6.07) is 0. The number of nitrogens with zero attached hydrogens (tertiary/aromatic N) is 1. The summed E-state index contributed by atoms with van der Waals surface area (Å²) in [6.45, 7) is 9.90. The fourth-order valence-corrected chi connectivity index (χ4v) is 2.34. The van der Waals surface area contributed by atoms with Crippen molar-refractivity contribution >= 4 is 0 Å². The highest BCUT2D eigenvalue weighted by atomic mass is 16.5. The first-order valence-electron chi connectivity index (χ1n) is 4.90. The Morgan fingerprint density at radius 3 is 2.33 bits per heavy atom. The van der Waals surface area contributed by atoms with Gasteiger partial charge in [-0.1, -0.05) is 0 Å². The third-order valence-corrected chi connectivity index (χ3v) is 3.04. The van der Waals surface area contributed by atoms with Crippen LogP contribution in [0.1, 0.15) is 33.6 Å². The minimum absolute atomic E-state index is 0.320. The molecule has 0 bridgehead atoms. The van der Waals surface area contributed by atoms with Gasteiger partial charge in [-0.3, -0.25) is 4.90 Å². The highest BCUT2D eigenvalue weighted by molar-refractivity contribution is 5.08. The first kappa shape index (κ1) is 8.52. The number of hydrogen-bond donors (Lipinski definition) is 0. The zero-order valence-electron chi connectivity index (χ0n) is 8.39. The lowest BCUT2D eigenvalue weighted by Crippen LogP contribution is -2.56. The Morgan fingerprint density at radius 1 is 1.25 bits per heavy atom. The van der Waals surface area contributed by atoms with Gasteiger partial charge in [0, 0.05) is 17.6 Å². The van der Waals surface area contributed by atoms with Crippen LogP contribution >= 0.6 is 0 Å². The second-order valence-corrected chi connectivity index (χ2v) is 5.10. The smallest absolute Gasteiger partial charge is 0.0651 e. The zero-order valence-corrected chi connectivity index (χ0v) is 8.39. The Hall–Kier alpha value is -0.0800. The lowest BCUT2D eigenvalue weighted by atomic mass is 10.0. The Morgan fingerprint density at radius 2 is 1.92 bits per heavy atom. The first-order valence-corrected chi connectivity index (χ1v) is 4.90. The fraction of sp³-hybridized carbons (Fsp3) is 1.00. The summed E-state index contributed by atoms with van der Waals surface area (Å²) in [5.41, 5.74) is 0.761. The van der Waals surface area contributed by atoms with E-state index in [0.29, 0.717) is 11.1 Å². The molecule has 0 aromatic carbocycles. The van der Waals surface area contributed by atoms with E-state index < -0.39 is 0 Å². The third-order valence-electron chi connectivity index (χ3n) is 3.04. The Balaban J connectivity index is 2.12. The second kappa shape index (κ2) is 2.46. The Kier molecular flexibility index (Phi) is 1.74. The van der Waals surface area contributed by atoms with Crippen LogP contribution in [-0.2, 0) is 4.74 Å². The summed E-state index contributed by atoms with van der Waals surface area (Å²) in [4.78, 5) is 2.63. The van der Waals surface area contributed by atoms with Crippen LogP contribution in [0.2, 0.25) is 0 Å². The van der Waals surface area contributed by atoms with E-state index in [4.69, 9.17) is 4.74 Å². The molecule has 0 amide bonds. The number of hydrogen-bond acceptors (Lipinski definition) is 2. The van der Waals surface area contributed by atoms with Gasteiger partial charge in [-0.25, -0.2) is 0 Å². The predicted octanol–water partition coefficient (Wildman–Crippen LogP) is 1.65. The van der Waals surface area contributed by atoms with Crippen molar-refractivity contribution in [3.05, 3.63) is 0 Å². The molecular formula is C10H19NO. The van der Waals surface area contributed by atoms with Gasteiger partial charge in [-0.05, 0) is 33.6 Å². The third kappa shape index (κ3) is 1.27. The summed E-state index contributed by atoms with van der Waals surface area (Å²) < 4.78 is 5.53. The number of rotatable bonds is 0. The lowest BCUT2D eigenvalue weighted by molar-refractivity contribution is -0.0619. The minimum Gasteiger partial charge on any atom is -0.378 e. The van der Waals surface area contributed by atoms with Gasteiger partial charge in [0.25, 0.3) is 0 Å². The van der Waals surface area contributed by atoms with E-state index in [1.54, 1.807) is 0 Å². The Labute approximate surface area is 74.9 Å². The van der Waals surface area contributed by atoms with E-state index in [2.05, 4.69) is 25.7 Å². The van der Waals surface area contributed by atoms with Crippen LogP contribution in [0.3, 0.4) is 0 Å². The van der Waals surface area contributed by atoms with E-state index in [-0.39, 0.29) is 0 Å². The van der Waals surface area contributed by atoms with Crippen molar-refractivity contribution in [3.8, 4) is 0 Å². The second-order valence-electron chi connectivity index (χ2n) is 5.10. The molecule has 1 spiro atoms. The molecule has 0 aromatic rings. The van der Waals surface area contributed by atoms with E-state index in [9.17, 15) is 0 Å². The lowest BCUT2D eigenvalue weighted by Gasteiger charge is -2.45. The molecule has 1 heterocycles. The van der Waals surface area contributed by atoms with Gasteiger partial charge in [0.05, 0.1) is 13.2 Å². The molecule has 2 fully saturated rings. The molecule has 12 heavy (non-hydrogen) atoms. The van der Waals surface area contributed by atoms with Crippen LogP contribution < -0.4 is 0 Å². The van der Waals surface area contributed by atoms with Gasteiger partial charge in [0.2, 0.25) is 0 Å². The van der Waals surface area contributed by atoms with Gasteiger partial charge >= 0.3 is 0 Å². The van der Waals surface area contributed by atoms with Crippen LogP contribution in [0, 0.1) is 0 Å². The van der Waals surface area contributed by atoms with Crippen LogP contribution in [0.25, 0.3) is 0 Å². The standard InChI is InChI=1S/C10H19NO/c1-9(2,3)11-6-7-12-8-10(11)4-5-10/h4-8H2,1-3H3. The molecule has 1 aliphatic heterocycles. The van der Waals surface area contributed by atoms with Crippen LogP contribution in [0.5, 0.6) is 0 Å². The SMILES string of the molecule is CC(C)(C)N1CCOCC12CC2. The molecule has 1 saturated heterocycles. The number of morpholine rings is 1. The molecule has 2 heteroatoms. The maximum absolute atomic E-state index is 5.53. The van der Waals surface area contributed by atoms with Gasteiger partial charge in [0.15, 0.2) is 0 Å². The fourth-order valence-electron chi connectivity index (χ4n) is 2.34. The molecule has 0 unspecified atom stereocenters. The average molecular weight is 169 g/mol. The topological polar surface area (TPSA) is 12.5 Å². The van der Waals surface area contributed by atoms with Crippen molar-refractivity contribution in [2.45, 2.75) is 44.7 Å². The van der Waals surface area contributed by atoms with Crippen molar-refractivity contribution in [1.29, 1.82) is 0 Å². The molecule has 70 valence electrons. The average Bonchev–Trinajstić information content (AvgIpc) is 2.68. The quantitative estimate of drug-likeness (QED) is 0.546. The molecule has 1 aliphatic carbocycles. The van der Waals surface area contributed by atoms with Crippen LogP contribution in [0.4, 0.5) is 0 Å². The highest BCUT2D eigenvalue weighted by Crippen LogP contribution is 2.46. The van der Waals surface area contributed by atoms with Crippen molar-refractivity contribution in [3.63, 3.8) is 0 Å². The van der Waals surface area contributed by atoms with Crippen LogP contribution in [-0.4, -0.2) is 35.7 Å². The first-order chi connectivity index (χ1) is 5.55. The van der Waals surface area contributed by atoms with E-state index in [1.165, 1.54) is 12.8 Å². The summed E-state index contributed by atoms with van der Waals surface area (Å²) in [5.74, 6) is 0. The molecule has 2 rings (SSSR count). The number of ether oxygens (including phenoxy) is 1. The summed E-state index contributed by atoms with van der Waals surface area (Å²) in [7, 11) is 0. The summed E-state index contributed by atoms with van der Waals surface area (Å²) >= 11 is 0. The molecule has 0 atom stereocenters. The summed E-state index contributed by atoms with van der Waals surface area (Å²) in [6.07, 6.45) is 2.68. The van der Waals surface area contributed by atoms with Crippen molar-refractivity contribution < 1.29 is 4.74 Å². The Bertz CT molecular complexity index is 179. The van der Waals surface area contributed by atoms with Gasteiger partial charge in [-0.2, -0.15) is 0 Å². The van der Waals surface area contributed by atoms with Crippen molar-refractivity contribution in [2.75, 3.05) is 19.8 Å². The van der Waals surface area contributed by atoms with E-state index in [0.717, 1.165) is 19.8 Å². The normalized spacial score (nSPS) is 29.2. The molecule has 0 N–H and O–H groups in total. The molecule has 0 aromatic heterocycles. The monoisotopic (exact) mass is 169 g/mol. The zero-order chi connectivity index (χ0) is 8.82. The maximum Gasteiger partial charge on any atom is 0.0651 e. The molecule has 0 radical (unpaired) electrons. The minimum atomic E-state index is 0.320. The van der Waals surface area contributed by atoms with Crippen LogP contribution in [0.15, 0.2) is 0 Å².